The molecular formula is C11H12F3N7O2. The molecule has 1 saturated carbocycles. The fourth-order valence-corrected chi connectivity index (χ4v) is 2.58. The molecule has 23 heavy (non-hydrogen) atoms. The first kappa shape index (κ1) is 15.4. The molecule has 0 aliphatic heterocycles. The number of nitrogens with zero attached hydrogens (tertiary/aromatic N) is 7. The number of nitro groups is 1. The topological polar surface area (TPSA) is 105 Å². The summed E-state index contributed by atoms with van der Waals surface area (Å²) in [7, 11) is 0. The van der Waals surface area contributed by atoms with Crippen LogP contribution in [0.2, 0.25) is 0 Å². The van der Waals surface area contributed by atoms with Crippen molar-refractivity contribution in [3.05, 3.63) is 28.3 Å². The highest BCUT2D eigenvalue weighted by Gasteiger charge is 2.38. The van der Waals surface area contributed by atoms with E-state index < -0.39 is 23.7 Å². The molecule has 124 valence electrons. The molecule has 1 aliphatic carbocycles. The van der Waals surface area contributed by atoms with Crippen molar-refractivity contribution in [2.75, 3.05) is 0 Å². The van der Waals surface area contributed by atoms with E-state index in [1.54, 1.807) is 0 Å². The molecule has 0 saturated heterocycles. The van der Waals surface area contributed by atoms with Crippen molar-refractivity contribution in [1.29, 1.82) is 0 Å². The zero-order chi connectivity index (χ0) is 16.6. The van der Waals surface area contributed by atoms with Gasteiger partial charge < -0.3 is 0 Å². The van der Waals surface area contributed by atoms with Crippen LogP contribution in [0.4, 0.5) is 18.9 Å². The summed E-state index contributed by atoms with van der Waals surface area (Å²) in [5.41, 5.74) is -0.232. The van der Waals surface area contributed by atoms with E-state index in [1.165, 1.54) is 10.9 Å². The van der Waals surface area contributed by atoms with Gasteiger partial charge in [-0.05, 0) is 29.2 Å². The van der Waals surface area contributed by atoms with Crippen molar-refractivity contribution in [3.63, 3.8) is 0 Å². The van der Waals surface area contributed by atoms with Crippen molar-refractivity contribution in [2.24, 2.45) is 5.92 Å². The molecule has 0 radical (unpaired) electrons. The highest BCUT2D eigenvalue weighted by atomic mass is 19.4. The minimum Gasteiger partial charge on any atom is -0.258 e. The van der Waals surface area contributed by atoms with Crippen molar-refractivity contribution < 1.29 is 18.1 Å². The van der Waals surface area contributed by atoms with Crippen LogP contribution in [-0.2, 0) is 6.54 Å². The van der Waals surface area contributed by atoms with Crippen molar-refractivity contribution in [2.45, 2.75) is 38.0 Å². The molecule has 1 fully saturated rings. The normalized spacial score (nSPS) is 17.0. The summed E-state index contributed by atoms with van der Waals surface area (Å²) in [5.74, 6) is -0.00230. The van der Waals surface area contributed by atoms with Crippen LogP contribution in [0.25, 0.3) is 0 Å². The molecule has 1 aliphatic rings. The SMILES string of the molecule is O=[N+]([O-])c1cnn(C(c2nnnn2CC(F)(F)F)C2CCC2)c1. The zero-order valence-corrected chi connectivity index (χ0v) is 11.7. The third kappa shape index (κ3) is 3.14. The molecule has 0 aromatic carbocycles. The molecule has 2 aromatic rings. The van der Waals surface area contributed by atoms with Crippen LogP contribution in [0.15, 0.2) is 12.4 Å². The van der Waals surface area contributed by atoms with Gasteiger partial charge in [0.25, 0.3) is 0 Å². The Kier molecular flexibility index (Phi) is 3.74. The Bertz CT molecular complexity index is 707. The Morgan fingerprint density at radius 3 is 2.70 bits per heavy atom. The lowest BCUT2D eigenvalue weighted by molar-refractivity contribution is -0.385. The molecule has 2 aromatic heterocycles. The summed E-state index contributed by atoms with van der Waals surface area (Å²) in [6.45, 7) is -1.32. The standard InChI is InChI=1S/C11H12F3N7O2/c12-11(13,14)6-20-10(16-17-18-20)9(7-2-1-3-7)19-5-8(4-15-19)21(22)23/h4-5,7,9H,1-3,6H2. The third-order valence-corrected chi connectivity index (χ3v) is 3.83. The lowest BCUT2D eigenvalue weighted by atomic mass is 9.79. The number of hydrogen-bond donors (Lipinski definition) is 0. The van der Waals surface area contributed by atoms with Crippen LogP contribution in [0.5, 0.6) is 0 Å². The molecule has 3 rings (SSSR count). The lowest BCUT2D eigenvalue weighted by Crippen LogP contribution is -2.31. The Hall–Kier alpha value is -2.53. The Labute approximate surface area is 127 Å². The van der Waals surface area contributed by atoms with E-state index in [2.05, 4.69) is 20.6 Å². The maximum Gasteiger partial charge on any atom is 0.408 e. The number of hydrogen-bond acceptors (Lipinski definition) is 6. The van der Waals surface area contributed by atoms with Gasteiger partial charge in [-0.2, -0.15) is 18.3 Å². The third-order valence-electron chi connectivity index (χ3n) is 3.83. The van der Waals surface area contributed by atoms with Crippen LogP contribution in [0.1, 0.15) is 31.1 Å². The average Bonchev–Trinajstić information content (AvgIpc) is 3.00. The van der Waals surface area contributed by atoms with Gasteiger partial charge in [0.05, 0.1) is 4.92 Å². The van der Waals surface area contributed by atoms with E-state index >= 15 is 0 Å². The quantitative estimate of drug-likeness (QED) is 0.610. The van der Waals surface area contributed by atoms with Gasteiger partial charge in [-0.1, -0.05) is 6.42 Å². The van der Waals surface area contributed by atoms with Gasteiger partial charge in [-0.15, -0.1) is 5.10 Å². The van der Waals surface area contributed by atoms with Gasteiger partial charge >= 0.3 is 11.9 Å². The van der Waals surface area contributed by atoms with Crippen molar-refractivity contribution >= 4 is 5.69 Å². The van der Waals surface area contributed by atoms with Gasteiger partial charge in [0.1, 0.15) is 25.0 Å². The summed E-state index contributed by atoms with van der Waals surface area (Å²) in [5, 5.41) is 25.1. The summed E-state index contributed by atoms with van der Waals surface area (Å²) in [6.07, 6.45) is 0.267. The minimum absolute atomic E-state index is 0.00465. The summed E-state index contributed by atoms with van der Waals surface area (Å²) in [4.78, 5) is 10.2. The molecule has 0 N–H and O–H groups in total. The fourth-order valence-electron chi connectivity index (χ4n) is 2.58. The van der Waals surface area contributed by atoms with E-state index in [0.29, 0.717) is 4.68 Å². The van der Waals surface area contributed by atoms with E-state index in [1.807, 2.05) is 0 Å². The van der Waals surface area contributed by atoms with Crippen LogP contribution >= 0.6 is 0 Å². The van der Waals surface area contributed by atoms with E-state index in [-0.39, 0.29) is 17.4 Å². The molecule has 0 amide bonds. The molecule has 9 nitrogen and oxygen atoms in total. The number of aromatic nitrogens is 6. The fraction of sp³-hybridized carbons (Fsp3) is 0.636. The minimum atomic E-state index is -4.47. The predicted molar refractivity (Wildman–Crippen MR) is 68.2 cm³/mol. The van der Waals surface area contributed by atoms with Crippen LogP contribution in [0, 0.1) is 16.0 Å². The number of halogens is 3. The predicted octanol–water partition coefficient (Wildman–Crippen LogP) is 1.73. The van der Waals surface area contributed by atoms with E-state index in [0.717, 1.165) is 25.5 Å². The van der Waals surface area contributed by atoms with Gasteiger partial charge in [0, 0.05) is 0 Å². The van der Waals surface area contributed by atoms with Crippen LogP contribution < -0.4 is 0 Å². The monoisotopic (exact) mass is 331 g/mol. The average molecular weight is 331 g/mol. The van der Waals surface area contributed by atoms with Gasteiger partial charge in [0.15, 0.2) is 5.82 Å². The largest absolute Gasteiger partial charge is 0.408 e. The Morgan fingerprint density at radius 2 is 2.17 bits per heavy atom. The Morgan fingerprint density at radius 1 is 1.43 bits per heavy atom. The molecular weight excluding hydrogens is 319 g/mol. The smallest absolute Gasteiger partial charge is 0.258 e. The summed E-state index contributed by atoms with van der Waals surface area (Å²) < 4.78 is 39.9. The van der Waals surface area contributed by atoms with Crippen LogP contribution in [0.3, 0.4) is 0 Å². The lowest BCUT2D eigenvalue weighted by Gasteiger charge is -2.32. The number of alkyl halides is 3. The number of rotatable bonds is 5. The Balaban J connectivity index is 1.96. The van der Waals surface area contributed by atoms with Crippen LogP contribution in [-0.4, -0.2) is 41.1 Å². The van der Waals surface area contributed by atoms with Gasteiger partial charge in [0.2, 0.25) is 0 Å². The molecule has 0 spiro atoms. The van der Waals surface area contributed by atoms with Crippen molar-refractivity contribution in [3.8, 4) is 0 Å². The second kappa shape index (κ2) is 5.59. The second-order valence-electron chi connectivity index (χ2n) is 5.38. The summed E-state index contributed by atoms with van der Waals surface area (Å²) >= 11 is 0. The maximum absolute atomic E-state index is 12.6. The first-order valence-corrected chi connectivity index (χ1v) is 6.86. The van der Waals surface area contributed by atoms with E-state index in [4.69, 9.17) is 0 Å². The maximum atomic E-state index is 12.6. The van der Waals surface area contributed by atoms with E-state index in [9.17, 15) is 23.3 Å². The molecule has 0 bridgehead atoms. The van der Waals surface area contributed by atoms with Crippen molar-refractivity contribution in [1.82, 2.24) is 30.0 Å². The zero-order valence-electron chi connectivity index (χ0n) is 11.7. The summed E-state index contributed by atoms with van der Waals surface area (Å²) in [6, 6.07) is -0.658. The van der Waals surface area contributed by atoms with Gasteiger partial charge in [-0.3, -0.25) is 14.8 Å². The highest BCUT2D eigenvalue weighted by Crippen LogP contribution is 2.39. The molecule has 2 heterocycles. The first-order valence-electron chi connectivity index (χ1n) is 6.86. The molecule has 1 unspecified atom stereocenters. The van der Waals surface area contributed by atoms with Gasteiger partial charge in [-0.25, -0.2) is 4.68 Å². The highest BCUT2D eigenvalue weighted by molar-refractivity contribution is 5.22. The molecule has 1 atom stereocenters. The first-order chi connectivity index (χ1) is 10.8. The second-order valence-corrected chi connectivity index (χ2v) is 5.38. The number of tetrazole rings is 1. The molecule has 12 heteroatoms.